The van der Waals surface area contributed by atoms with Crippen molar-refractivity contribution in [3.63, 3.8) is 0 Å². The van der Waals surface area contributed by atoms with E-state index in [2.05, 4.69) is 34.7 Å². The van der Waals surface area contributed by atoms with E-state index >= 15 is 0 Å². The van der Waals surface area contributed by atoms with Crippen LogP contribution < -0.4 is 26.4 Å². The fourth-order valence-corrected chi connectivity index (χ4v) is 4.81. The molecule has 1 aliphatic heterocycles. The highest BCUT2D eigenvalue weighted by Gasteiger charge is 2.23. The number of aromatic nitrogens is 1. The normalized spacial score (nSPS) is 13.9. The van der Waals surface area contributed by atoms with Crippen LogP contribution in [0, 0.1) is 5.92 Å². The monoisotopic (exact) mass is 607 g/mol. The third kappa shape index (κ3) is 11.0. The van der Waals surface area contributed by atoms with Crippen molar-refractivity contribution in [2.75, 3.05) is 36.5 Å². The summed E-state index contributed by atoms with van der Waals surface area (Å²) in [6, 6.07) is 9.28. The van der Waals surface area contributed by atoms with Gasteiger partial charge in [0, 0.05) is 43.2 Å². The zero-order chi connectivity index (χ0) is 31.9. The average molecular weight is 608 g/mol. The maximum absolute atomic E-state index is 13.4. The molecule has 238 valence electrons. The molecule has 1 saturated heterocycles. The first-order valence-corrected chi connectivity index (χ1v) is 15.4. The molecule has 11 heteroatoms. The van der Waals surface area contributed by atoms with Gasteiger partial charge in [0.1, 0.15) is 18.3 Å². The van der Waals surface area contributed by atoms with Crippen molar-refractivity contribution >= 4 is 35.1 Å². The molecule has 0 spiro atoms. The SMILES string of the molecule is CCOC(=O)/C=C/CC[C@H](NC(=O)c1ccc(N2CCCCC2)cc1)C(=O)Nc1cccn(CC(=O)NCCC(C)C)c1=O. The van der Waals surface area contributed by atoms with Crippen LogP contribution >= 0.6 is 0 Å². The predicted octanol–water partition coefficient (Wildman–Crippen LogP) is 3.64. The van der Waals surface area contributed by atoms with Gasteiger partial charge in [-0.05, 0) is 87.8 Å². The molecule has 0 saturated carbocycles. The molecule has 0 aliphatic carbocycles. The Kier molecular flexibility index (Phi) is 13.7. The van der Waals surface area contributed by atoms with E-state index < -0.39 is 29.4 Å². The molecule has 2 aromatic rings. The minimum Gasteiger partial charge on any atom is -0.463 e. The van der Waals surface area contributed by atoms with Gasteiger partial charge in [-0.3, -0.25) is 19.2 Å². The van der Waals surface area contributed by atoms with Gasteiger partial charge in [-0.2, -0.15) is 0 Å². The first-order chi connectivity index (χ1) is 21.2. The summed E-state index contributed by atoms with van der Waals surface area (Å²) >= 11 is 0. The number of carbonyl (C=O) groups excluding carboxylic acids is 4. The number of rotatable bonds is 15. The number of hydrogen-bond donors (Lipinski definition) is 3. The van der Waals surface area contributed by atoms with E-state index in [4.69, 9.17) is 4.74 Å². The van der Waals surface area contributed by atoms with E-state index in [1.165, 1.54) is 29.3 Å². The molecule has 3 amide bonds. The van der Waals surface area contributed by atoms with Crippen LogP contribution in [0.2, 0.25) is 0 Å². The number of amides is 3. The summed E-state index contributed by atoms with van der Waals surface area (Å²) in [4.78, 5) is 65.9. The molecule has 0 radical (unpaired) electrons. The summed E-state index contributed by atoms with van der Waals surface area (Å²) in [7, 11) is 0. The lowest BCUT2D eigenvalue weighted by Gasteiger charge is -2.28. The number of nitrogens with one attached hydrogen (secondary N) is 3. The lowest BCUT2D eigenvalue weighted by Crippen LogP contribution is -2.44. The van der Waals surface area contributed by atoms with Gasteiger partial charge in [0.25, 0.3) is 11.5 Å². The smallest absolute Gasteiger partial charge is 0.330 e. The van der Waals surface area contributed by atoms with Crippen LogP contribution in [0.3, 0.4) is 0 Å². The molecule has 2 heterocycles. The van der Waals surface area contributed by atoms with Crippen molar-refractivity contribution in [2.45, 2.75) is 71.9 Å². The number of ether oxygens (including phenoxy) is 1. The highest BCUT2D eigenvalue weighted by atomic mass is 16.5. The number of anilines is 2. The summed E-state index contributed by atoms with van der Waals surface area (Å²) in [5, 5.41) is 8.19. The van der Waals surface area contributed by atoms with Gasteiger partial charge in [-0.25, -0.2) is 4.79 Å². The van der Waals surface area contributed by atoms with Crippen LogP contribution in [-0.4, -0.2) is 60.5 Å². The first kappa shape index (κ1) is 34.1. The lowest BCUT2D eigenvalue weighted by atomic mass is 10.1. The number of benzene rings is 1. The van der Waals surface area contributed by atoms with Crippen molar-refractivity contribution in [3.8, 4) is 0 Å². The van der Waals surface area contributed by atoms with Crippen LogP contribution in [-0.2, 0) is 25.7 Å². The van der Waals surface area contributed by atoms with Crippen molar-refractivity contribution in [3.05, 3.63) is 70.7 Å². The molecule has 0 bridgehead atoms. The third-order valence-corrected chi connectivity index (χ3v) is 7.27. The fraction of sp³-hybridized carbons (Fsp3) is 0.485. The molecule has 3 rings (SSSR count). The van der Waals surface area contributed by atoms with Crippen molar-refractivity contribution in [1.29, 1.82) is 0 Å². The molecule has 1 fully saturated rings. The predicted molar refractivity (Wildman–Crippen MR) is 171 cm³/mol. The average Bonchev–Trinajstić information content (AvgIpc) is 3.01. The topological polar surface area (TPSA) is 139 Å². The Hall–Kier alpha value is -4.41. The van der Waals surface area contributed by atoms with E-state index in [-0.39, 0.29) is 31.2 Å². The molecular weight excluding hydrogens is 562 g/mol. The number of piperidine rings is 1. The van der Waals surface area contributed by atoms with E-state index in [0.717, 1.165) is 38.0 Å². The zero-order valence-electron chi connectivity index (χ0n) is 26.0. The Labute approximate surface area is 259 Å². The highest BCUT2D eigenvalue weighted by molar-refractivity contribution is 6.01. The lowest BCUT2D eigenvalue weighted by molar-refractivity contribution is -0.137. The number of hydrogen-bond acceptors (Lipinski definition) is 7. The molecule has 44 heavy (non-hydrogen) atoms. The molecule has 1 aromatic heterocycles. The Morgan fingerprint density at radius 3 is 2.41 bits per heavy atom. The second-order valence-electron chi connectivity index (χ2n) is 11.2. The number of carbonyl (C=O) groups is 4. The third-order valence-electron chi connectivity index (χ3n) is 7.27. The van der Waals surface area contributed by atoms with Gasteiger partial charge in [0.15, 0.2) is 0 Å². The second kappa shape index (κ2) is 17.6. The van der Waals surface area contributed by atoms with Crippen molar-refractivity contribution in [1.82, 2.24) is 15.2 Å². The standard InChI is InChI=1S/C33H45N5O6/c1-4-44-30(40)13-7-6-11-27(35-31(41)25-14-16-26(17-15-25)37-20-8-5-9-21-37)32(42)36-28-12-10-22-38(33(28)43)23-29(39)34-19-18-24(2)3/h7,10,12-17,22,24,27H,4-6,8-9,11,18-21,23H2,1-3H3,(H,34,39)(H,35,41)(H,36,42)/b13-7+/t27-/m0/s1. The van der Waals surface area contributed by atoms with Gasteiger partial charge in [-0.1, -0.05) is 19.9 Å². The van der Waals surface area contributed by atoms with Gasteiger partial charge < -0.3 is 30.2 Å². The summed E-state index contributed by atoms with van der Waals surface area (Å²) in [6.45, 7) is 8.35. The summed E-state index contributed by atoms with van der Waals surface area (Å²) < 4.78 is 6.11. The number of esters is 1. The van der Waals surface area contributed by atoms with Crippen molar-refractivity contribution < 1.29 is 23.9 Å². The van der Waals surface area contributed by atoms with Crippen LogP contribution in [0.1, 0.15) is 69.7 Å². The molecule has 3 N–H and O–H groups in total. The highest BCUT2D eigenvalue weighted by Crippen LogP contribution is 2.20. The molecule has 11 nitrogen and oxygen atoms in total. The van der Waals surface area contributed by atoms with Crippen LogP contribution in [0.5, 0.6) is 0 Å². The zero-order valence-corrected chi connectivity index (χ0v) is 26.0. The second-order valence-corrected chi connectivity index (χ2v) is 11.2. The Balaban J connectivity index is 1.70. The van der Waals surface area contributed by atoms with Crippen LogP contribution in [0.25, 0.3) is 0 Å². The van der Waals surface area contributed by atoms with E-state index in [1.807, 2.05) is 12.1 Å². The van der Waals surface area contributed by atoms with Crippen LogP contribution in [0.4, 0.5) is 11.4 Å². The van der Waals surface area contributed by atoms with Gasteiger partial charge in [-0.15, -0.1) is 0 Å². The van der Waals surface area contributed by atoms with Gasteiger partial charge in [0.05, 0.1) is 6.61 Å². The maximum Gasteiger partial charge on any atom is 0.330 e. The minimum atomic E-state index is -1.01. The number of nitrogens with zero attached hydrogens (tertiary/aromatic N) is 2. The maximum atomic E-state index is 13.4. The molecule has 1 aromatic carbocycles. The Morgan fingerprint density at radius 2 is 1.73 bits per heavy atom. The van der Waals surface area contributed by atoms with Crippen molar-refractivity contribution in [2.24, 2.45) is 5.92 Å². The van der Waals surface area contributed by atoms with Gasteiger partial charge in [0.2, 0.25) is 11.8 Å². The quantitative estimate of drug-likeness (QED) is 0.208. The van der Waals surface area contributed by atoms with E-state index in [1.54, 1.807) is 31.2 Å². The first-order valence-electron chi connectivity index (χ1n) is 15.4. The molecule has 1 atom stereocenters. The van der Waals surface area contributed by atoms with Gasteiger partial charge >= 0.3 is 5.97 Å². The number of pyridine rings is 1. The van der Waals surface area contributed by atoms with Crippen LogP contribution in [0.15, 0.2) is 59.5 Å². The Bertz CT molecular complexity index is 1350. The summed E-state index contributed by atoms with van der Waals surface area (Å²) in [6.07, 6.45) is 9.11. The molecule has 0 unspecified atom stereocenters. The van der Waals surface area contributed by atoms with E-state index in [9.17, 15) is 24.0 Å². The number of allylic oxidation sites excluding steroid dienone is 1. The Morgan fingerprint density at radius 1 is 1.00 bits per heavy atom. The largest absolute Gasteiger partial charge is 0.463 e. The fourth-order valence-electron chi connectivity index (χ4n) is 4.81. The summed E-state index contributed by atoms with van der Waals surface area (Å²) in [5.74, 6) is -1.40. The molecule has 1 aliphatic rings. The minimum absolute atomic E-state index is 0.0142. The molecular formula is C33H45N5O6. The van der Waals surface area contributed by atoms with E-state index in [0.29, 0.717) is 24.4 Å². The summed E-state index contributed by atoms with van der Waals surface area (Å²) in [5.41, 5.74) is 0.893.